The molecule has 0 atom stereocenters. The van der Waals surface area contributed by atoms with E-state index in [1.165, 1.54) is 5.57 Å². The van der Waals surface area contributed by atoms with Crippen LogP contribution in [0.15, 0.2) is 11.6 Å². The number of terminal acetylenes is 1. The molecule has 0 fully saturated rings. The van der Waals surface area contributed by atoms with Gasteiger partial charge in [-0.25, -0.2) is 0 Å². The maximum absolute atomic E-state index is 5.05. The van der Waals surface area contributed by atoms with Crippen molar-refractivity contribution in [1.82, 2.24) is 0 Å². The molecule has 1 heteroatoms. The predicted octanol–water partition coefficient (Wildman–Crippen LogP) is 1.99. The summed E-state index contributed by atoms with van der Waals surface area (Å²) >= 11 is 0. The summed E-state index contributed by atoms with van der Waals surface area (Å²) in [4.78, 5) is 0. The molecule has 0 aliphatic rings. The van der Waals surface area contributed by atoms with Gasteiger partial charge in [-0.2, -0.15) is 0 Å². The van der Waals surface area contributed by atoms with E-state index in [9.17, 15) is 0 Å². The Kier molecular flexibility index (Phi) is 5.91. The fourth-order valence-corrected chi connectivity index (χ4v) is 0.562. The van der Waals surface area contributed by atoms with Crippen molar-refractivity contribution in [3.63, 3.8) is 0 Å². The number of hydrogen-bond donors (Lipinski definition) is 0. The second-order valence-electron chi connectivity index (χ2n) is 2.33. The molecule has 1 nitrogen and oxygen atoms in total. The molecule has 0 aromatic heterocycles. The van der Waals surface area contributed by atoms with Crippen LogP contribution in [0.5, 0.6) is 0 Å². The van der Waals surface area contributed by atoms with Gasteiger partial charge in [0.15, 0.2) is 0 Å². The fraction of sp³-hybridized carbons (Fsp3) is 0.556. The number of ether oxygens (including phenoxy) is 1. The van der Waals surface area contributed by atoms with Crippen molar-refractivity contribution < 1.29 is 4.74 Å². The number of allylic oxidation sites excluding steroid dienone is 1. The van der Waals surface area contributed by atoms with E-state index < -0.39 is 0 Å². The molecule has 0 aliphatic carbocycles. The zero-order chi connectivity index (χ0) is 7.82. The normalized spacial score (nSPS) is 8.50. The van der Waals surface area contributed by atoms with Crippen LogP contribution in [0.1, 0.15) is 20.3 Å². The van der Waals surface area contributed by atoms with Crippen LogP contribution in [0, 0.1) is 12.3 Å². The highest BCUT2D eigenvalue weighted by molar-refractivity contribution is 4.92. The van der Waals surface area contributed by atoms with Gasteiger partial charge in [-0.15, -0.1) is 6.42 Å². The second kappa shape index (κ2) is 6.38. The molecule has 0 heterocycles. The molecule has 0 saturated carbocycles. The van der Waals surface area contributed by atoms with Gasteiger partial charge in [0.1, 0.15) is 6.61 Å². The van der Waals surface area contributed by atoms with E-state index in [4.69, 9.17) is 11.2 Å². The zero-order valence-electron chi connectivity index (χ0n) is 6.68. The Labute approximate surface area is 63.1 Å². The van der Waals surface area contributed by atoms with Gasteiger partial charge in [0, 0.05) is 0 Å². The minimum atomic E-state index is 0.427. The van der Waals surface area contributed by atoms with Crippen molar-refractivity contribution in [1.29, 1.82) is 0 Å². The Hall–Kier alpha value is -0.740. The Morgan fingerprint density at radius 1 is 1.60 bits per heavy atom. The van der Waals surface area contributed by atoms with Gasteiger partial charge >= 0.3 is 0 Å². The van der Waals surface area contributed by atoms with Crippen LogP contribution in [0.3, 0.4) is 0 Å². The lowest BCUT2D eigenvalue weighted by Crippen LogP contribution is -1.92. The molecule has 0 aliphatic heterocycles. The summed E-state index contributed by atoms with van der Waals surface area (Å²) in [5.74, 6) is 2.41. The lowest BCUT2D eigenvalue weighted by atomic mass is 10.3. The van der Waals surface area contributed by atoms with Gasteiger partial charge in [-0.3, -0.25) is 0 Å². The molecule has 56 valence electrons. The van der Waals surface area contributed by atoms with E-state index in [1.54, 1.807) is 0 Å². The summed E-state index contributed by atoms with van der Waals surface area (Å²) in [5.41, 5.74) is 1.32. The first kappa shape index (κ1) is 9.26. The number of hydrogen-bond acceptors (Lipinski definition) is 1. The van der Waals surface area contributed by atoms with Crippen molar-refractivity contribution in [3.8, 4) is 12.3 Å². The van der Waals surface area contributed by atoms with E-state index in [0.29, 0.717) is 6.61 Å². The highest BCUT2D eigenvalue weighted by Gasteiger charge is 1.81. The van der Waals surface area contributed by atoms with Crippen molar-refractivity contribution >= 4 is 0 Å². The van der Waals surface area contributed by atoms with Gasteiger partial charge in [0.05, 0.1) is 6.61 Å². The van der Waals surface area contributed by atoms with Crippen LogP contribution >= 0.6 is 0 Å². The van der Waals surface area contributed by atoms with Crippen LogP contribution in [-0.4, -0.2) is 13.2 Å². The van der Waals surface area contributed by atoms with Crippen LogP contribution < -0.4 is 0 Å². The van der Waals surface area contributed by atoms with E-state index in [2.05, 4.69) is 25.8 Å². The molecule has 0 saturated heterocycles. The first-order chi connectivity index (χ1) is 4.77. The van der Waals surface area contributed by atoms with Crippen molar-refractivity contribution in [2.45, 2.75) is 20.3 Å². The summed E-state index contributed by atoms with van der Waals surface area (Å²) in [6.07, 6.45) is 8.08. The summed E-state index contributed by atoms with van der Waals surface area (Å²) in [6.45, 7) is 5.30. The molecular weight excluding hydrogens is 124 g/mol. The topological polar surface area (TPSA) is 9.23 Å². The van der Waals surface area contributed by atoms with Crippen LogP contribution in [0.4, 0.5) is 0 Å². The quantitative estimate of drug-likeness (QED) is 0.328. The minimum Gasteiger partial charge on any atom is -0.368 e. The minimum absolute atomic E-state index is 0.427. The molecule has 0 rings (SSSR count). The largest absolute Gasteiger partial charge is 0.368 e. The van der Waals surface area contributed by atoms with Gasteiger partial charge < -0.3 is 4.74 Å². The van der Waals surface area contributed by atoms with Crippen molar-refractivity contribution in [2.75, 3.05) is 13.2 Å². The maximum Gasteiger partial charge on any atom is 0.107 e. The molecule has 0 amide bonds. The molecule has 10 heavy (non-hydrogen) atoms. The Morgan fingerprint density at radius 2 is 2.30 bits per heavy atom. The molecule has 0 unspecified atom stereocenters. The summed E-state index contributed by atoms with van der Waals surface area (Å²) < 4.78 is 5.05. The van der Waals surface area contributed by atoms with Crippen molar-refractivity contribution in [2.24, 2.45) is 0 Å². The Morgan fingerprint density at radius 3 is 2.80 bits per heavy atom. The van der Waals surface area contributed by atoms with E-state index in [-0.39, 0.29) is 0 Å². The predicted molar refractivity (Wildman–Crippen MR) is 43.7 cm³/mol. The van der Waals surface area contributed by atoms with Crippen LogP contribution in [-0.2, 0) is 4.74 Å². The van der Waals surface area contributed by atoms with Gasteiger partial charge in [-0.05, 0) is 20.3 Å². The highest BCUT2D eigenvalue weighted by atomic mass is 16.5. The summed E-state index contributed by atoms with van der Waals surface area (Å²) in [7, 11) is 0. The van der Waals surface area contributed by atoms with Gasteiger partial charge in [-0.1, -0.05) is 17.6 Å². The molecule has 0 bridgehead atoms. The van der Waals surface area contributed by atoms with Gasteiger partial charge in [0.25, 0.3) is 0 Å². The smallest absolute Gasteiger partial charge is 0.107 e. The fourth-order valence-electron chi connectivity index (χ4n) is 0.562. The lowest BCUT2D eigenvalue weighted by Gasteiger charge is -1.95. The maximum atomic E-state index is 5.05. The molecule has 0 aromatic carbocycles. The Balaban J connectivity index is 3.07. The molecular formula is C9H14O. The Bertz CT molecular complexity index is 135. The van der Waals surface area contributed by atoms with Gasteiger partial charge in [0.2, 0.25) is 0 Å². The first-order valence-electron chi connectivity index (χ1n) is 3.42. The number of rotatable bonds is 4. The third-order valence-corrected chi connectivity index (χ3v) is 1.00. The third kappa shape index (κ3) is 7.26. The monoisotopic (exact) mass is 138 g/mol. The van der Waals surface area contributed by atoms with E-state index in [1.807, 2.05) is 0 Å². The van der Waals surface area contributed by atoms with E-state index in [0.717, 1.165) is 13.0 Å². The molecule has 0 spiro atoms. The standard InChI is InChI=1S/C9H14O/c1-4-7-10-8-5-6-9(2)3/h1,6H,5,7-8H2,2-3H3. The first-order valence-corrected chi connectivity index (χ1v) is 3.42. The molecule has 0 radical (unpaired) electrons. The van der Waals surface area contributed by atoms with E-state index >= 15 is 0 Å². The molecule has 0 N–H and O–H groups in total. The summed E-state index contributed by atoms with van der Waals surface area (Å²) in [5, 5.41) is 0. The highest BCUT2D eigenvalue weighted by Crippen LogP contribution is 1.92. The van der Waals surface area contributed by atoms with Crippen LogP contribution in [0.25, 0.3) is 0 Å². The average molecular weight is 138 g/mol. The SMILES string of the molecule is C#CCOCCC=C(C)C. The molecule has 0 aromatic rings. The van der Waals surface area contributed by atoms with Crippen molar-refractivity contribution in [3.05, 3.63) is 11.6 Å². The van der Waals surface area contributed by atoms with Crippen LogP contribution in [0.2, 0.25) is 0 Å². The third-order valence-electron chi connectivity index (χ3n) is 1.00. The zero-order valence-corrected chi connectivity index (χ0v) is 6.68. The second-order valence-corrected chi connectivity index (χ2v) is 2.33. The summed E-state index contributed by atoms with van der Waals surface area (Å²) in [6, 6.07) is 0. The lowest BCUT2D eigenvalue weighted by molar-refractivity contribution is 0.172. The average Bonchev–Trinajstić information content (AvgIpc) is 1.87.